The maximum atomic E-state index is 5.40. The molecule has 0 bridgehead atoms. The average Bonchev–Trinajstić information content (AvgIpc) is 3.28. The average molecular weight is 301 g/mol. The van der Waals surface area contributed by atoms with Crippen LogP contribution in [0.25, 0.3) is 0 Å². The molecule has 1 aliphatic rings. The van der Waals surface area contributed by atoms with Gasteiger partial charge >= 0.3 is 0 Å². The molecule has 1 saturated carbocycles. The van der Waals surface area contributed by atoms with E-state index < -0.39 is 0 Å². The summed E-state index contributed by atoms with van der Waals surface area (Å²) in [5.74, 6) is 3.38. The number of nitrogens with one attached hydrogen (secondary N) is 1. The van der Waals surface area contributed by atoms with E-state index in [0.29, 0.717) is 0 Å². The molecule has 1 aliphatic carbocycles. The SMILES string of the molecule is COc1cc(OC)cc(C(NCC2CC2)c2nccn2C)c1. The lowest BCUT2D eigenvalue weighted by molar-refractivity contribution is 0.392. The zero-order valence-corrected chi connectivity index (χ0v) is 13.4. The molecule has 1 aromatic carbocycles. The number of nitrogens with zero attached hydrogens (tertiary/aromatic N) is 2. The highest BCUT2D eigenvalue weighted by atomic mass is 16.5. The molecular formula is C17H23N3O2. The minimum absolute atomic E-state index is 0.0320. The van der Waals surface area contributed by atoms with Crippen molar-refractivity contribution in [1.82, 2.24) is 14.9 Å². The van der Waals surface area contributed by atoms with Gasteiger partial charge in [0.25, 0.3) is 0 Å². The number of hydrogen-bond acceptors (Lipinski definition) is 4. The molecule has 1 unspecified atom stereocenters. The molecule has 0 radical (unpaired) electrons. The maximum absolute atomic E-state index is 5.40. The summed E-state index contributed by atoms with van der Waals surface area (Å²) in [6.07, 6.45) is 6.44. The van der Waals surface area contributed by atoms with E-state index in [0.717, 1.165) is 35.3 Å². The van der Waals surface area contributed by atoms with Gasteiger partial charge in [-0.1, -0.05) is 0 Å². The number of benzene rings is 1. The molecule has 1 aromatic heterocycles. The second-order valence-corrected chi connectivity index (χ2v) is 5.83. The largest absolute Gasteiger partial charge is 0.497 e. The van der Waals surface area contributed by atoms with Crippen molar-refractivity contribution in [2.75, 3.05) is 20.8 Å². The van der Waals surface area contributed by atoms with E-state index in [4.69, 9.17) is 9.47 Å². The normalized spacial score (nSPS) is 15.6. The van der Waals surface area contributed by atoms with Crippen molar-refractivity contribution in [3.63, 3.8) is 0 Å². The van der Waals surface area contributed by atoms with Crippen molar-refractivity contribution in [2.24, 2.45) is 13.0 Å². The Balaban J connectivity index is 1.94. The predicted molar refractivity (Wildman–Crippen MR) is 85.3 cm³/mol. The van der Waals surface area contributed by atoms with Gasteiger partial charge < -0.3 is 19.4 Å². The summed E-state index contributed by atoms with van der Waals surface area (Å²) < 4.78 is 12.8. The van der Waals surface area contributed by atoms with Gasteiger partial charge in [0.1, 0.15) is 17.3 Å². The maximum Gasteiger partial charge on any atom is 0.130 e. The number of hydrogen-bond donors (Lipinski definition) is 1. The van der Waals surface area contributed by atoms with Gasteiger partial charge in [-0.25, -0.2) is 4.98 Å². The molecule has 22 heavy (non-hydrogen) atoms. The third-order valence-electron chi connectivity index (χ3n) is 4.13. The lowest BCUT2D eigenvalue weighted by Gasteiger charge is -2.20. The topological polar surface area (TPSA) is 48.3 Å². The smallest absolute Gasteiger partial charge is 0.130 e. The third-order valence-corrected chi connectivity index (χ3v) is 4.13. The van der Waals surface area contributed by atoms with E-state index in [1.165, 1.54) is 12.8 Å². The highest BCUT2D eigenvalue weighted by molar-refractivity contribution is 5.41. The highest BCUT2D eigenvalue weighted by Crippen LogP contribution is 2.32. The van der Waals surface area contributed by atoms with E-state index in [1.807, 2.05) is 37.6 Å². The van der Waals surface area contributed by atoms with Crippen LogP contribution in [-0.4, -0.2) is 30.3 Å². The Bertz CT molecular complexity index is 612. The fraction of sp³-hybridized carbons (Fsp3) is 0.471. The summed E-state index contributed by atoms with van der Waals surface area (Å²) in [4.78, 5) is 4.52. The van der Waals surface area contributed by atoms with E-state index in [9.17, 15) is 0 Å². The van der Waals surface area contributed by atoms with Crippen LogP contribution in [0.1, 0.15) is 30.3 Å². The monoisotopic (exact) mass is 301 g/mol. The minimum atomic E-state index is 0.0320. The van der Waals surface area contributed by atoms with Gasteiger partial charge in [0.2, 0.25) is 0 Å². The molecule has 118 valence electrons. The molecule has 1 heterocycles. The Morgan fingerprint density at radius 2 is 1.91 bits per heavy atom. The standard InChI is InChI=1S/C17H23N3O2/c1-20-7-6-18-17(20)16(19-11-12-4-5-12)13-8-14(21-2)10-15(9-13)22-3/h6-10,12,16,19H,4-5,11H2,1-3H3. The van der Waals surface area contributed by atoms with Crippen LogP contribution in [0.5, 0.6) is 11.5 Å². The molecule has 3 rings (SSSR count). The predicted octanol–water partition coefficient (Wildman–Crippen LogP) is 2.53. The summed E-state index contributed by atoms with van der Waals surface area (Å²) in [5, 5.41) is 3.65. The second kappa shape index (κ2) is 6.40. The Labute approximate surface area is 131 Å². The number of methoxy groups -OCH3 is 2. The van der Waals surface area contributed by atoms with E-state index in [-0.39, 0.29) is 6.04 Å². The molecule has 1 N–H and O–H groups in total. The van der Waals surface area contributed by atoms with Crippen LogP contribution in [0, 0.1) is 5.92 Å². The van der Waals surface area contributed by atoms with Crippen molar-refractivity contribution in [3.8, 4) is 11.5 Å². The summed E-state index contributed by atoms with van der Waals surface area (Å²) in [5.41, 5.74) is 1.10. The number of aryl methyl sites for hydroxylation is 1. The molecule has 1 atom stereocenters. The van der Waals surface area contributed by atoms with Gasteiger partial charge in [-0.3, -0.25) is 0 Å². The van der Waals surface area contributed by atoms with Crippen molar-refractivity contribution >= 4 is 0 Å². The molecule has 2 aromatic rings. The lowest BCUT2D eigenvalue weighted by atomic mass is 10.0. The Hall–Kier alpha value is -2.01. The Kier molecular flexibility index (Phi) is 4.34. The summed E-state index contributed by atoms with van der Waals surface area (Å²) >= 11 is 0. The molecule has 0 aliphatic heterocycles. The fourth-order valence-electron chi connectivity index (χ4n) is 2.62. The molecule has 5 heteroatoms. The Morgan fingerprint density at radius 3 is 2.41 bits per heavy atom. The van der Waals surface area contributed by atoms with E-state index >= 15 is 0 Å². The lowest BCUT2D eigenvalue weighted by Crippen LogP contribution is -2.27. The van der Waals surface area contributed by atoms with Gasteiger partial charge in [0.15, 0.2) is 0 Å². The van der Waals surface area contributed by atoms with Gasteiger partial charge in [0, 0.05) is 25.5 Å². The summed E-state index contributed by atoms with van der Waals surface area (Å²) in [6.45, 7) is 1.01. The molecule has 0 spiro atoms. The molecule has 5 nitrogen and oxygen atoms in total. The zero-order valence-electron chi connectivity index (χ0n) is 13.4. The van der Waals surface area contributed by atoms with Crippen LogP contribution >= 0.6 is 0 Å². The van der Waals surface area contributed by atoms with Gasteiger partial charge in [-0.2, -0.15) is 0 Å². The number of rotatable bonds is 7. The fourth-order valence-corrected chi connectivity index (χ4v) is 2.62. The number of aromatic nitrogens is 2. The molecule has 1 fully saturated rings. The molecular weight excluding hydrogens is 278 g/mol. The van der Waals surface area contributed by atoms with Crippen LogP contribution in [0.4, 0.5) is 0 Å². The van der Waals surface area contributed by atoms with E-state index in [1.54, 1.807) is 14.2 Å². The van der Waals surface area contributed by atoms with Crippen LogP contribution in [0.15, 0.2) is 30.6 Å². The number of imidazole rings is 1. The van der Waals surface area contributed by atoms with Crippen molar-refractivity contribution in [2.45, 2.75) is 18.9 Å². The minimum Gasteiger partial charge on any atom is -0.497 e. The van der Waals surface area contributed by atoms with Crippen molar-refractivity contribution < 1.29 is 9.47 Å². The quantitative estimate of drug-likeness (QED) is 0.854. The summed E-state index contributed by atoms with van der Waals surface area (Å²) in [7, 11) is 5.36. The van der Waals surface area contributed by atoms with Gasteiger partial charge in [-0.05, 0) is 43.0 Å². The first-order valence-electron chi connectivity index (χ1n) is 7.65. The van der Waals surface area contributed by atoms with Crippen LogP contribution in [0.3, 0.4) is 0 Å². The Morgan fingerprint density at radius 1 is 1.23 bits per heavy atom. The molecule has 0 saturated heterocycles. The van der Waals surface area contributed by atoms with Crippen LogP contribution < -0.4 is 14.8 Å². The first kappa shape index (κ1) is 14.9. The van der Waals surface area contributed by atoms with Crippen molar-refractivity contribution in [1.29, 1.82) is 0 Å². The third kappa shape index (κ3) is 3.25. The first-order chi connectivity index (χ1) is 10.7. The van der Waals surface area contributed by atoms with Crippen LogP contribution in [0.2, 0.25) is 0 Å². The van der Waals surface area contributed by atoms with Gasteiger partial charge in [0.05, 0.1) is 20.3 Å². The molecule has 0 amide bonds. The summed E-state index contributed by atoms with van der Waals surface area (Å²) in [6, 6.07) is 6.01. The van der Waals surface area contributed by atoms with E-state index in [2.05, 4.69) is 14.9 Å². The van der Waals surface area contributed by atoms with Gasteiger partial charge in [-0.15, -0.1) is 0 Å². The zero-order chi connectivity index (χ0) is 15.5. The second-order valence-electron chi connectivity index (χ2n) is 5.83. The highest BCUT2D eigenvalue weighted by Gasteiger charge is 2.25. The number of ether oxygens (including phenoxy) is 2. The van der Waals surface area contributed by atoms with Crippen LogP contribution in [-0.2, 0) is 7.05 Å². The first-order valence-corrected chi connectivity index (χ1v) is 7.65. The van der Waals surface area contributed by atoms with Crippen molar-refractivity contribution in [3.05, 3.63) is 42.0 Å².